The van der Waals surface area contributed by atoms with Crippen LogP contribution in [0.2, 0.25) is 23.7 Å². The number of aliphatic hydroxyl groups is 1. The Kier molecular flexibility index (Phi) is 9.88. The van der Waals surface area contributed by atoms with E-state index < -0.39 is 31.6 Å². The highest BCUT2D eigenvalue weighted by molar-refractivity contribution is 6.72. The highest BCUT2D eigenvalue weighted by Gasteiger charge is 2.66. The van der Waals surface area contributed by atoms with Crippen molar-refractivity contribution in [3.63, 3.8) is 0 Å². The quantitative estimate of drug-likeness (QED) is 0.106. The van der Waals surface area contributed by atoms with E-state index >= 15 is 4.11 Å². The molecule has 0 radical (unpaired) electrons. The summed E-state index contributed by atoms with van der Waals surface area (Å²) in [5, 5.41) is 22.2. The molecule has 5 aromatic rings. The molecule has 3 heterocycles. The van der Waals surface area contributed by atoms with Crippen LogP contribution < -0.4 is 10.2 Å². The number of rotatable bonds is 11. The van der Waals surface area contributed by atoms with Crippen molar-refractivity contribution in [2.24, 2.45) is 5.92 Å². The van der Waals surface area contributed by atoms with E-state index in [0.717, 1.165) is 11.1 Å². The molecule has 5 atom stereocenters. The molecule has 2 N–H and O–H groups in total. The SMILES string of the molecule is C[C@H]1[C@H]([Si](C)(C)F)[C@@H](CCn2cc(C(CO)c3ccccc3)nn2)O[C@]12C(=O)N(Cc1cccc(NC(=O)c3ccccc3)c1)c1ccc(Cl)cc12. The standard InChI is InChI=1S/C40H41ClFN5O4Si/c1-26-37(52(2,3)42)36(19-20-46-24-34(44-45-46)32(25-48)28-12-6-4-7-13-28)51-40(26)33-22-30(41)17-18-35(33)47(39(40)50)23-27-11-10-16-31(21-27)43-38(49)29-14-8-5-9-15-29/h4-18,21-22,24,26,32,36-37,48H,19-20,23,25H2,1-3H3,(H,43,49)/t26-,32?,36+,37-,40+/m0/s1. The molecule has 1 unspecified atom stereocenters. The van der Waals surface area contributed by atoms with Crippen LogP contribution >= 0.6 is 11.6 Å². The number of anilines is 2. The van der Waals surface area contributed by atoms with Crippen molar-refractivity contribution in [1.29, 1.82) is 0 Å². The number of aromatic nitrogens is 3. The fourth-order valence-electron chi connectivity index (χ4n) is 8.07. The summed E-state index contributed by atoms with van der Waals surface area (Å²) < 4.78 is 25.0. The van der Waals surface area contributed by atoms with Crippen molar-refractivity contribution < 1.29 is 23.5 Å². The molecule has 2 aliphatic rings. The van der Waals surface area contributed by atoms with Crippen molar-refractivity contribution >= 4 is 43.2 Å². The average molecular weight is 738 g/mol. The second-order valence-electron chi connectivity index (χ2n) is 14.2. The molecule has 1 aromatic heterocycles. The topological polar surface area (TPSA) is 110 Å². The van der Waals surface area contributed by atoms with Gasteiger partial charge in [-0.3, -0.25) is 14.3 Å². The van der Waals surface area contributed by atoms with Crippen molar-refractivity contribution in [2.75, 3.05) is 16.8 Å². The molecule has 268 valence electrons. The summed E-state index contributed by atoms with van der Waals surface area (Å²) in [4.78, 5) is 29.4. The number of aliphatic hydroxyl groups excluding tert-OH is 1. The van der Waals surface area contributed by atoms with Crippen molar-refractivity contribution in [3.8, 4) is 0 Å². The summed E-state index contributed by atoms with van der Waals surface area (Å²) in [6.45, 7) is 5.75. The van der Waals surface area contributed by atoms with Gasteiger partial charge in [0.2, 0.25) is 8.41 Å². The Labute approximate surface area is 308 Å². The number of ether oxygens (including phenoxy) is 1. The number of fused-ring (bicyclic) bond motifs is 2. The van der Waals surface area contributed by atoms with Crippen LogP contribution in [0.1, 0.15) is 52.0 Å². The van der Waals surface area contributed by atoms with Crippen molar-refractivity contribution in [3.05, 3.63) is 142 Å². The molecule has 2 amide bonds. The molecule has 9 nitrogen and oxygen atoms in total. The van der Waals surface area contributed by atoms with Gasteiger partial charge in [0.15, 0.2) is 5.60 Å². The number of benzene rings is 4. The normalized spacial score (nSPS) is 21.8. The van der Waals surface area contributed by atoms with E-state index in [9.17, 15) is 14.7 Å². The minimum atomic E-state index is -3.40. The molecule has 1 saturated heterocycles. The van der Waals surface area contributed by atoms with E-state index in [0.29, 0.717) is 46.2 Å². The fraction of sp³-hybridized carbons (Fsp3) is 0.300. The Bertz CT molecular complexity index is 2080. The van der Waals surface area contributed by atoms with Gasteiger partial charge in [-0.05, 0) is 73.1 Å². The highest BCUT2D eigenvalue weighted by Crippen LogP contribution is 2.60. The van der Waals surface area contributed by atoms with E-state index in [4.69, 9.17) is 16.3 Å². The number of carbonyl (C=O) groups excluding carboxylic acids is 2. The maximum absolute atomic E-state index is 16.4. The first-order valence-electron chi connectivity index (χ1n) is 17.5. The van der Waals surface area contributed by atoms with Gasteiger partial charge in [-0.15, -0.1) is 5.10 Å². The van der Waals surface area contributed by atoms with Gasteiger partial charge in [-0.25, -0.2) is 0 Å². The van der Waals surface area contributed by atoms with Crippen LogP contribution in [0.3, 0.4) is 0 Å². The van der Waals surface area contributed by atoms with E-state index in [-0.39, 0.29) is 30.9 Å². The van der Waals surface area contributed by atoms with Gasteiger partial charge in [-0.1, -0.05) is 84.4 Å². The Morgan fingerprint density at radius 3 is 2.48 bits per heavy atom. The van der Waals surface area contributed by atoms with Gasteiger partial charge in [0.25, 0.3) is 11.8 Å². The van der Waals surface area contributed by atoms with E-state index in [1.54, 1.807) is 53.0 Å². The Morgan fingerprint density at radius 1 is 1.04 bits per heavy atom. The molecule has 4 aromatic carbocycles. The molecule has 1 fully saturated rings. The van der Waals surface area contributed by atoms with E-state index in [1.165, 1.54) is 0 Å². The molecular formula is C40H41ClFN5O4Si. The Balaban J connectivity index is 1.15. The summed E-state index contributed by atoms with van der Waals surface area (Å²) in [6, 6.07) is 31.3. The molecule has 2 aliphatic heterocycles. The molecule has 52 heavy (non-hydrogen) atoms. The third kappa shape index (κ3) is 6.69. The number of hydrogen-bond donors (Lipinski definition) is 2. The summed E-state index contributed by atoms with van der Waals surface area (Å²) >= 11 is 6.57. The highest BCUT2D eigenvalue weighted by atomic mass is 35.5. The number of halogens is 2. The van der Waals surface area contributed by atoms with E-state index in [2.05, 4.69) is 15.6 Å². The van der Waals surface area contributed by atoms with Gasteiger partial charge in [0.1, 0.15) is 0 Å². The fourth-order valence-corrected chi connectivity index (χ4v) is 10.8. The van der Waals surface area contributed by atoms with Crippen molar-refractivity contribution in [2.45, 2.75) is 62.7 Å². The minimum absolute atomic E-state index is 0.120. The largest absolute Gasteiger partial charge is 0.395 e. The number of hydrogen-bond acceptors (Lipinski definition) is 6. The lowest BCUT2D eigenvalue weighted by Crippen LogP contribution is -2.45. The van der Waals surface area contributed by atoms with Crippen LogP contribution in [-0.4, -0.2) is 53.0 Å². The average Bonchev–Trinajstić information content (AvgIpc) is 3.79. The maximum atomic E-state index is 16.4. The van der Waals surface area contributed by atoms with Crippen LogP contribution in [0.15, 0.2) is 109 Å². The summed E-state index contributed by atoms with van der Waals surface area (Å²) in [7, 11) is -3.40. The summed E-state index contributed by atoms with van der Waals surface area (Å²) in [5.41, 5.74) is 2.87. The van der Waals surface area contributed by atoms with Gasteiger partial charge in [-0.2, -0.15) is 0 Å². The number of nitrogens with zero attached hydrogens (tertiary/aromatic N) is 4. The molecular weight excluding hydrogens is 697 g/mol. The lowest BCUT2D eigenvalue weighted by atomic mass is 9.82. The lowest BCUT2D eigenvalue weighted by Gasteiger charge is -2.31. The van der Waals surface area contributed by atoms with Crippen LogP contribution in [0.4, 0.5) is 15.5 Å². The maximum Gasteiger partial charge on any atom is 0.264 e. The molecule has 0 aliphatic carbocycles. The van der Waals surface area contributed by atoms with Gasteiger partial charge >= 0.3 is 0 Å². The predicted octanol–water partition coefficient (Wildman–Crippen LogP) is 7.72. The summed E-state index contributed by atoms with van der Waals surface area (Å²) in [6.07, 6.45) is 1.63. The smallest absolute Gasteiger partial charge is 0.264 e. The molecule has 0 saturated carbocycles. The Hall–Kier alpha value is -4.68. The first-order chi connectivity index (χ1) is 25.0. The number of nitrogens with one attached hydrogen (secondary N) is 1. The number of carbonyl (C=O) groups is 2. The molecule has 12 heteroatoms. The second kappa shape index (κ2) is 14.4. The third-order valence-corrected chi connectivity index (χ3v) is 13.1. The predicted molar refractivity (Wildman–Crippen MR) is 202 cm³/mol. The van der Waals surface area contributed by atoms with Crippen LogP contribution in [0, 0.1) is 5.92 Å². The third-order valence-electron chi connectivity index (χ3n) is 10.4. The van der Waals surface area contributed by atoms with Crippen molar-refractivity contribution in [1.82, 2.24) is 15.0 Å². The first kappa shape index (κ1) is 35.7. The molecule has 7 rings (SSSR count). The zero-order valence-electron chi connectivity index (χ0n) is 29.2. The van der Waals surface area contributed by atoms with E-state index in [1.807, 2.05) is 85.9 Å². The zero-order valence-corrected chi connectivity index (χ0v) is 31.0. The second-order valence-corrected chi connectivity index (χ2v) is 18.4. The zero-order chi connectivity index (χ0) is 36.6. The number of amides is 2. The Morgan fingerprint density at radius 2 is 1.77 bits per heavy atom. The lowest BCUT2D eigenvalue weighted by molar-refractivity contribution is -0.146. The molecule has 0 bridgehead atoms. The monoisotopic (exact) mass is 737 g/mol. The number of aryl methyl sites for hydroxylation is 1. The minimum Gasteiger partial charge on any atom is -0.395 e. The summed E-state index contributed by atoms with van der Waals surface area (Å²) in [5.74, 6) is -1.31. The van der Waals surface area contributed by atoms with Crippen LogP contribution in [-0.2, 0) is 28.2 Å². The van der Waals surface area contributed by atoms with Gasteiger partial charge in [0.05, 0.1) is 36.6 Å². The van der Waals surface area contributed by atoms with Gasteiger partial charge in [0, 0.05) is 46.0 Å². The van der Waals surface area contributed by atoms with Crippen LogP contribution in [0.5, 0.6) is 0 Å². The molecule has 1 spiro atoms. The van der Waals surface area contributed by atoms with Gasteiger partial charge < -0.3 is 24.2 Å². The first-order valence-corrected chi connectivity index (χ1v) is 20.8. The van der Waals surface area contributed by atoms with Crippen LogP contribution in [0.25, 0.3) is 0 Å².